The van der Waals surface area contributed by atoms with Crippen molar-refractivity contribution in [2.24, 2.45) is 0 Å². The van der Waals surface area contributed by atoms with E-state index in [1.165, 1.54) is 0 Å². The summed E-state index contributed by atoms with van der Waals surface area (Å²) in [6.07, 6.45) is 0.366. The zero-order chi connectivity index (χ0) is 16.4. The Bertz CT molecular complexity index is 827. The summed E-state index contributed by atoms with van der Waals surface area (Å²) in [5.41, 5.74) is 0.998. The van der Waals surface area contributed by atoms with E-state index in [-0.39, 0.29) is 23.2 Å². The number of aryl methyl sites for hydroxylation is 1. The molecule has 0 aliphatic carbocycles. The molecule has 2 aromatic rings. The van der Waals surface area contributed by atoms with Gasteiger partial charge in [-0.2, -0.15) is 0 Å². The minimum absolute atomic E-state index is 0.190. The molecule has 0 saturated heterocycles. The molecule has 1 aromatic carbocycles. The summed E-state index contributed by atoms with van der Waals surface area (Å²) in [5.74, 6) is 0.615. The zero-order valence-corrected chi connectivity index (χ0v) is 13.4. The van der Waals surface area contributed by atoms with E-state index in [0.717, 1.165) is 5.56 Å². The molecule has 0 saturated carbocycles. The smallest absolute Gasteiger partial charge is 0.289 e. The first-order valence-electron chi connectivity index (χ1n) is 7.24. The zero-order valence-electron chi connectivity index (χ0n) is 12.6. The van der Waals surface area contributed by atoms with Crippen molar-refractivity contribution in [3.8, 4) is 0 Å². The Balaban J connectivity index is 1.66. The van der Waals surface area contributed by atoms with Crippen LogP contribution in [-0.2, 0) is 23.0 Å². The van der Waals surface area contributed by atoms with Gasteiger partial charge in [-0.05, 0) is 19.1 Å². The fourth-order valence-corrected chi connectivity index (χ4v) is 3.41. The third-order valence-electron chi connectivity index (χ3n) is 3.62. The number of benzene rings is 1. The Morgan fingerprint density at radius 3 is 2.74 bits per heavy atom. The summed E-state index contributed by atoms with van der Waals surface area (Å²) in [7, 11) is -3.55. The molecule has 0 unspecified atom stereocenters. The molecule has 1 amide bonds. The number of carbonyl (C=O) groups is 1. The molecular formula is C14H17N5O3S. The molecular weight excluding hydrogens is 318 g/mol. The van der Waals surface area contributed by atoms with E-state index in [9.17, 15) is 13.2 Å². The average Bonchev–Trinajstić information content (AvgIpc) is 2.92. The number of nitrogens with one attached hydrogen (secondary N) is 2. The molecule has 23 heavy (non-hydrogen) atoms. The molecule has 9 heteroatoms. The van der Waals surface area contributed by atoms with Gasteiger partial charge in [-0.1, -0.05) is 17.7 Å². The van der Waals surface area contributed by atoms with E-state index in [1.807, 2.05) is 6.92 Å². The number of nitrogens with zero attached hydrogens (tertiary/aromatic N) is 3. The van der Waals surface area contributed by atoms with Crippen LogP contribution < -0.4 is 10.0 Å². The molecule has 0 atom stereocenters. The summed E-state index contributed by atoms with van der Waals surface area (Å²) < 4.78 is 28.7. The van der Waals surface area contributed by atoms with Crippen molar-refractivity contribution in [1.82, 2.24) is 24.8 Å². The highest BCUT2D eigenvalue weighted by atomic mass is 32.2. The maximum Gasteiger partial charge on any atom is 0.289 e. The Labute approximate surface area is 134 Å². The van der Waals surface area contributed by atoms with E-state index >= 15 is 0 Å². The van der Waals surface area contributed by atoms with Crippen LogP contribution in [0, 0.1) is 6.92 Å². The van der Waals surface area contributed by atoms with Crippen molar-refractivity contribution >= 4 is 15.9 Å². The van der Waals surface area contributed by atoms with Gasteiger partial charge in [0.25, 0.3) is 5.91 Å². The maximum atomic E-state index is 12.2. The lowest BCUT2D eigenvalue weighted by Gasteiger charge is -2.15. The van der Waals surface area contributed by atoms with Crippen molar-refractivity contribution in [2.75, 3.05) is 13.1 Å². The first-order chi connectivity index (χ1) is 11.0. The summed E-state index contributed by atoms with van der Waals surface area (Å²) in [6, 6.07) is 6.64. The van der Waals surface area contributed by atoms with Gasteiger partial charge in [0.15, 0.2) is 0 Å². The fourth-order valence-electron chi connectivity index (χ4n) is 2.38. The Hall–Kier alpha value is -2.26. The van der Waals surface area contributed by atoms with Crippen molar-refractivity contribution in [2.45, 2.75) is 24.8 Å². The molecule has 1 aliphatic rings. The van der Waals surface area contributed by atoms with Gasteiger partial charge in [0.2, 0.25) is 15.8 Å². The van der Waals surface area contributed by atoms with E-state index in [1.54, 1.807) is 28.8 Å². The second-order valence-corrected chi connectivity index (χ2v) is 7.08. The van der Waals surface area contributed by atoms with Crippen molar-refractivity contribution in [3.63, 3.8) is 0 Å². The third-order valence-corrected chi connectivity index (χ3v) is 5.10. The molecule has 2 N–H and O–H groups in total. The highest BCUT2D eigenvalue weighted by Crippen LogP contribution is 2.10. The number of hydrogen-bond donors (Lipinski definition) is 2. The number of fused-ring (bicyclic) bond motifs is 1. The van der Waals surface area contributed by atoms with Crippen molar-refractivity contribution in [1.29, 1.82) is 0 Å². The van der Waals surface area contributed by atoms with E-state index in [4.69, 9.17) is 0 Å². The maximum absolute atomic E-state index is 12.2. The van der Waals surface area contributed by atoms with Crippen LogP contribution >= 0.6 is 0 Å². The van der Waals surface area contributed by atoms with E-state index < -0.39 is 10.0 Å². The Morgan fingerprint density at radius 2 is 2.00 bits per heavy atom. The molecule has 1 aliphatic heterocycles. The van der Waals surface area contributed by atoms with Gasteiger partial charge in [-0.25, -0.2) is 13.1 Å². The number of aromatic nitrogens is 3. The lowest BCUT2D eigenvalue weighted by Crippen LogP contribution is -2.36. The topological polar surface area (TPSA) is 106 Å². The molecule has 1 aromatic heterocycles. The molecule has 3 rings (SSSR count). The first-order valence-corrected chi connectivity index (χ1v) is 8.72. The minimum Gasteiger partial charge on any atom is -0.348 e. The molecule has 0 bridgehead atoms. The molecule has 0 spiro atoms. The predicted molar refractivity (Wildman–Crippen MR) is 82.4 cm³/mol. The minimum atomic E-state index is -3.55. The van der Waals surface area contributed by atoms with Crippen molar-refractivity contribution in [3.05, 3.63) is 41.5 Å². The highest BCUT2D eigenvalue weighted by Gasteiger charge is 2.22. The summed E-state index contributed by atoms with van der Waals surface area (Å²) >= 11 is 0. The van der Waals surface area contributed by atoms with Gasteiger partial charge >= 0.3 is 0 Å². The molecule has 2 heterocycles. The number of amides is 1. The van der Waals surface area contributed by atoms with E-state index in [2.05, 4.69) is 20.2 Å². The predicted octanol–water partition coefficient (Wildman–Crippen LogP) is -0.149. The lowest BCUT2D eigenvalue weighted by molar-refractivity contribution is 0.0921. The Morgan fingerprint density at radius 1 is 1.26 bits per heavy atom. The molecule has 0 radical (unpaired) electrons. The van der Waals surface area contributed by atoms with Crippen LogP contribution in [0.15, 0.2) is 29.2 Å². The number of rotatable bonds is 5. The van der Waals surface area contributed by atoms with Crippen LogP contribution in [0.4, 0.5) is 0 Å². The van der Waals surface area contributed by atoms with Gasteiger partial charge < -0.3 is 9.88 Å². The molecule has 122 valence electrons. The van der Waals surface area contributed by atoms with Crippen LogP contribution in [-0.4, -0.2) is 42.2 Å². The molecule has 0 fully saturated rings. The standard InChI is InChI=1S/C14H17N5O3S/c1-10-2-4-11(5-3-10)23(21,22)16-7-6-12-17-18-13-14(20)15-8-9-19(12)13/h2-5,16H,6-9H2,1H3,(H,15,20). The quantitative estimate of drug-likeness (QED) is 0.790. The Kier molecular flexibility index (Phi) is 4.14. The van der Waals surface area contributed by atoms with Crippen molar-refractivity contribution < 1.29 is 13.2 Å². The van der Waals surface area contributed by atoms with Crippen LogP contribution in [0.25, 0.3) is 0 Å². The van der Waals surface area contributed by atoms with E-state index in [0.29, 0.717) is 25.3 Å². The SMILES string of the molecule is Cc1ccc(S(=O)(=O)NCCc2nnc3n2CCNC3=O)cc1. The highest BCUT2D eigenvalue weighted by molar-refractivity contribution is 7.89. The fraction of sp³-hybridized carbons (Fsp3) is 0.357. The van der Waals surface area contributed by atoms with Crippen LogP contribution in [0.3, 0.4) is 0 Å². The van der Waals surface area contributed by atoms with Crippen LogP contribution in [0.1, 0.15) is 22.0 Å². The number of hydrogen-bond acceptors (Lipinski definition) is 5. The van der Waals surface area contributed by atoms with Crippen LogP contribution in [0.2, 0.25) is 0 Å². The second kappa shape index (κ2) is 6.09. The van der Waals surface area contributed by atoms with Gasteiger partial charge in [0.1, 0.15) is 5.82 Å². The average molecular weight is 335 g/mol. The summed E-state index contributed by atoms with van der Waals surface area (Å²) in [5, 5.41) is 10.5. The van der Waals surface area contributed by atoms with Gasteiger partial charge in [0.05, 0.1) is 4.90 Å². The van der Waals surface area contributed by atoms with Gasteiger partial charge in [0, 0.05) is 26.1 Å². The summed E-state index contributed by atoms with van der Waals surface area (Å²) in [4.78, 5) is 11.8. The summed E-state index contributed by atoms with van der Waals surface area (Å²) in [6.45, 7) is 3.20. The monoisotopic (exact) mass is 335 g/mol. The second-order valence-electron chi connectivity index (χ2n) is 5.31. The first kappa shape index (κ1) is 15.6. The van der Waals surface area contributed by atoms with Gasteiger partial charge in [-0.3, -0.25) is 4.79 Å². The van der Waals surface area contributed by atoms with Gasteiger partial charge in [-0.15, -0.1) is 10.2 Å². The number of sulfonamides is 1. The molecule has 8 nitrogen and oxygen atoms in total. The lowest BCUT2D eigenvalue weighted by atomic mass is 10.2. The number of carbonyl (C=O) groups excluding carboxylic acids is 1. The van der Waals surface area contributed by atoms with Crippen LogP contribution in [0.5, 0.6) is 0 Å². The third kappa shape index (κ3) is 3.25. The largest absolute Gasteiger partial charge is 0.348 e. The normalized spacial score (nSPS) is 14.4.